The molecule has 0 aliphatic rings. The van der Waals surface area contributed by atoms with Gasteiger partial charge in [0, 0.05) is 0 Å². The lowest BCUT2D eigenvalue weighted by Crippen LogP contribution is -2.38. The van der Waals surface area contributed by atoms with Gasteiger partial charge in [0.2, 0.25) is 0 Å². The van der Waals surface area contributed by atoms with E-state index in [0.717, 1.165) is 5.01 Å². The lowest BCUT2D eigenvalue weighted by molar-refractivity contribution is -0.650. The fourth-order valence-corrected chi connectivity index (χ4v) is 0.265. The second-order valence-electron chi connectivity index (χ2n) is 1.45. The highest BCUT2D eigenvalue weighted by Crippen LogP contribution is 1.75. The van der Waals surface area contributed by atoms with Crippen molar-refractivity contribution >= 4 is 0 Å². The summed E-state index contributed by atoms with van der Waals surface area (Å²) in [4.78, 5) is 9.79. The summed E-state index contributed by atoms with van der Waals surface area (Å²) in [6.45, 7) is -0.519. The molecule has 54 valence electrons. The van der Waals surface area contributed by atoms with Crippen LogP contribution in [0.1, 0.15) is 0 Å². The summed E-state index contributed by atoms with van der Waals surface area (Å²) in [5.41, 5.74) is 0. The van der Waals surface area contributed by atoms with Crippen molar-refractivity contribution < 1.29 is 10.1 Å². The molecule has 0 aromatic heterocycles. The van der Waals surface area contributed by atoms with E-state index in [1.54, 1.807) is 0 Å². The Morgan fingerprint density at radius 3 is 2.67 bits per heavy atom. The molecule has 6 nitrogen and oxygen atoms in total. The summed E-state index contributed by atoms with van der Waals surface area (Å²) < 4.78 is 0. The molecule has 0 aliphatic heterocycles. The van der Waals surface area contributed by atoms with Gasteiger partial charge in [0.1, 0.15) is 6.67 Å². The molecule has 0 bridgehead atoms. The molecular formula is C3H8N3O3-. The summed E-state index contributed by atoms with van der Waals surface area (Å²) in [5, 5.41) is 21.9. The number of nitrogens with zero attached hydrogens (tertiary/aromatic N) is 2. The maximum atomic E-state index is 9.79. The van der Waals surface area contributed by atoms with Crippen molar-refractivity contribution in [3.05, 3.63) is 10.1 Å². The molecular weight excluding hydrogens is 126 g/mol. The molecule has 0 unspecified atom stereocenters. The van der Waals surface area contributed by atoms with Crippen LogP contribution in [-0.2, 0) is 0 Å². The third kappa shape index (κ3) is 3.68. The molecule has 0 spiro atoms. The van der Waals surface area contributed by atoms with Gasteiger partial charge in [-0.3, -0.25) is 0 Å². The number of hydrogen-bond donors (Lipinski definition) is 1. The molecule has 0 rings (SSSR count). The summed E-state index contributed by atoms with van der Waals surface area (Å²) in [7, 11) is 1.28. The van der Waals surface area contributed by atoms with Gasteiger partial charge in [0.15, 0.2) is 5.03 Å². The summed E-state index contributed by atoms with van der Waals surface area (Å²) in [6, 6.07) is 0. The maximum absolute atomic E-state index is 9.79. The van der Waals surface area contributed by atoms with Gasteiger partial charge < -0.3 is 10.4 Å². The first-order valence-electron chi connectivity index (χ1n) is 2.32. The van der Waals surface area contributed by atoms with Crippen LogP contribution in [0.15, 0.2) is 0 Å². The quantitative estimate of drug-likeness (QED) is 0.272. The van der Waals surface area contributed by atoms with Crippen molar-refractivity contribution in [1.82, 2.24) is 10.3 Å². The van der Waals surface area contributed by atoms with Gasteiger partial charge in [0.25, 0.3) is 0 Å². The van der Waals surface area contributed by atoms with Crippen LogP contribution >= 0.6 is 0 Å². The lowest BCUT2D eigenvalue weighted by atomic mass is 10.9. The molecule has 9 heavy (non-hydrogen) atoms. The van der Waals surface area contributed by atoms with E-state index in [-0.39, 0.29) is 6.67 Å². The fraction of sp³-hybridized carbons (Fsp3) is 1.00. The highest BCUT2D eigenvalue weighted by Gasteiger charge is 2.01. The fourth-order valence-electron chi connectivity index (χ4n) is 0.265. The molecule has 0 heterocycles. The molecule has 0 fully saturated rings. The van der Waals surface area contributed by atoms with E-state index in [1.165, 1.54) is 7.05 Å². The molecule has 0 saturated heterocycles. The van der Waals surface area contributed by atoms with Crippen molar-refractivity contribution in [3.8, 4) is 0 Å². The predicted octanol–water partition coefficient (Wildman–Crippen LogP) is -2.03. The van der Waals surface area contributed by atoms with E-state index in [0.29, 0.717) is 0 Å². The van der Waals surface area contributed by atoms with E-state index >= 15 is 0 Å². The largest absolute Gasteiger partial charge is 0.843 e. The minimum atomic E-state index is -0.595. The Bertz CT molecular complexity index is 96.3. The second kappa shape index (κ2) is 4.04. The van der Waals surface area contributed by atoms with Crippen LogP contribution in [0.25, 0.3) is 0 Å². The first kappa shape index (κ1) is 8.12. The third-order valence-electron chi connectivity index (χ3n) is 0.721. The number of hydrazine groups is 1. The van der Waals surface area contributed by atoms with Gasteiger partial charge in [0.05, 0.1) is 7.05 Å². The molecule has 0 aromatic rings. The summed E-state index contributed by atoms with van der Waals surface area (Å²) >= 11 is 0. The average molecular weight is 134 g/mol. The monoisotopic (exact) mass is 134 g/mol. The minimum absolute atomic E-state index is 0.0174. The van der Waals surface area contributed by atoms with Crippen molar-refractivity contribution in [2.75, 3.05) is 20.4 Å². The van der Waals surface area contributed by atoms with E-state index in [4.69, 9.17) is 0 Å². The Morgan fingerprint density at radius 2 is 2.33 bits per heavy atom. The predicted molar refractivity (Wildman–Crippen MR) is 27.6 cm³/mol. The standard InChI is InChI=1S/C3H8N3O3/c1-5(6(8)9)2-4-3-7/h4H,2-3H2,1H3/q-1. The Morgan fingerprint density at radius 1 is 1.78 bits per heavy atom. The first-order valence-corrected chi connectivity index (χ1v) is 2.32. The molecule has 0 saturated carbocycles. The van der Waals surface area contributed by atoms with Crippen LogP contribution in [0.4, 0.5) is 0 Å². The minimum Gasteiger partial charge on any atom is -0.843 e. The summed E-state index contributed by atoms with van der Waals surface area (Å²) in [5.74, 6) is 0. The highest BCUT2D eigenvalue weighted by molar-refractivity contribution is 4.27. The van der Waals surface area contributed by atoms with E-state index in [2.05, 4.69) is 5.32 Å². The van der Waals surface area contributed by atoms with Crippen LogP contribution in [0, 0.1) is 10.1 Å². The van der Waals surface area contributed by atoms with Gasteiger partial charge in [-0.2, -0.15) is 0 Å². The molecule has 1 N–H and O–H groups in total. The van der Waals surface area contributed by atoms with Gasteiger partial charge in [-0.1, -0.05) is 6.73 Å². The maximum Gasteiger partial charge on any atom is 0.161 e. The van der Waals surface area contributed by atoms with Crippen LogP contribution < -0.4 is 10.4 Å². The van der Waals surface area contributed by atoms with Gasteiger partial charge in [-0.25, -0.2) is 10.1 Å². The second-order valence-corrected chi connectivity index (χ2v) is 1.45. The van der Waals surface area contributed by atoms with E-state index in [1.807, 2.05) is 0 Å². The van der Waals surface area contributed by atoms with Crippen molar-refractivity contribution in [2.24, 2.45) is 0 Å². The van der Waals surface area contributed by atoms with Crippen molar-refractivity contribution in [1.29, 1.82) is 0 Å². The molecule has 0 aromatic carbocycles. The van der Waals surface area contributed by atoms with Gasteiger partial charge >= 0.3 is 0 Å². The average Bonchev–Trinajstić information content (AvgIpc) is 1.82. The Hall–Kier alpha value is -0.880. The Balaban J connectivity index is 3.27. The first-order chi connectivity index (χ1) is 4.18. The molecule has 0 aliphatic carbocycles. The zero-order valence-corrected chi connectivity index (χ0v) is 5.03. The van der Waals surface area contributed by atoms with Gasteiger partial charge in [-0.05, 0) is 0 Å². The molecule has 0 amide bonds. The molecule has 0 atom stereocenters. The van der Waals surface area contributed by atoms with Crippen LogP contribution in [-0.4, -0.2) is 30.5 Å². The lowest BCUT2D eigenvalue weighted by Gasteiger charge is -2.10. The van der Waals surface area contributed by atoms with E-state index in [9.17, 15) is 15.2 Å². The van der Waals surface area contributed by atoms with Gasteiger partial charge in [-0.15, -0.1) is 5.01 Å². The third-order valence-corrected chi connectivity index (χ3v) is 0.721. The number of nitrogens with one attached hydrogen (secondary N) is 1. The highest BCUT2D eigenvalue weighted by atomic mass is 16.7. The zero-order valence-electron chi connectivity index (χ0n) is 5.03. The van der Waals surface area contributed by atoms with Crippen LogP contribution in [0.5, 0.6) is 0 Å². The molecule has 0 radical (unpaired) electrons. The topological polar surface area (TPSA) is 81.5 Å². The zero-order chi connectivity index (χ0) is 7.28. The summed E-state index contributed by atoms with van der Waals surface area (Å²) in [6.07, 6.45) is 0. The SMILES string of the molecule is CN(CNC[O-])[N+](=O)[O-]. The number of nitro groups is 1. The van der Waals surface area contributed by atoms with Crippen LogP contribution in [0.2, 0.25) is 0 Å². The van der Waals surface area contributed by atoms with Crippen LogP contribution in [0.3, 0.4) is 0 Å². The smallest absolute Gasteiger partial charge is 0.161 e. The normalized spacial score (nSPS) is 9.11. The van der Waals surface area contributed by atoms with E-state index < -0.39 is 11.8 Å². The van der Waals surface area contributed by atoms with Crippen molar-refractivity contribution in [2.45, 2.75) is 0 Å². The Kier molecular flexibility index (Phi) is 3.65. The Labute approximate surface area is 52.2 Å². The number of hydrogen-bond acceptors (Lipinski definition) is 4. The number of rotatable bonds is 4. The van der Waals surface area contributed by atoms with Crippen molar-refractivity contribution in [3.63, 3.8) is 0 Å². The molecule has 6 heteroatoms.